The summed E-state index contributed by atoms with van der Waals surface area (Å²) in [6.07, 6.45) is 4.52. The minimum absolute atomic E-state index is 0.672. The van der Waals surface area contributed by atoms with Gasteiger partial charge in [0.15, 0.2) is 0 Å². The van der Waals surface area contributed by atoms with Crippen LogP contribution in [0.3, 0.4) is 0 Å². The molecule has 0 saturated carbocycles. The smallest absolute Gasteiger partial charge is 0.0250 e. The van der Waals surface area contributed by atoms with E-state index in [9.17, 15) is 0 Å². The predicted octanol–water partition coefficient (Wildman–Crippen LogP) is 2.27. The number of hydrogen-bond acceptors (Lipinski definition) is 2. The Morgan fingerprint density at radius 3 is 2.80 bits per heavy atom. The fraction of sp³-hybridized carbons (Fsp3) is 0.846. The monoisotopic (exact) mass is 210 g/mol. The first-order chi connectivity index (χ1) is 7.22. The molecule has 2 heteroatoms. The zero-order valence-corrected chi connectivity index (χ0v) is 10.5. The van der Waals surface area contributed by atoms with Crippen molar-refractivity contribution in [2.45, 2.75) is 45.7 Å². The molecular weight excluding hydrogens is 184 g/mol. The minimum atomic E-state index is 0.672. The normalized spacial score (nSPS) is 30.1. The molecule has 3 atom stereocenters. The van der Waals surface area contributed by atoms with Crippen LogP contribution in [0, 0.1) is 5.92 Å². The lowest BCUT2D eigenvalue weighted by Gasteiger charge is -2.42. The number of nitrogens with one attached hydrogen (secondary N) is 1. The van der Waals surface area contributed by atoms with Crippen LogP contribution in [0.4, 0.5) is 0 Å². The maximum atomic E-state index is 3.86. The Labute approximate surface area is 94.7 Å². The van der Waals surface area contributed by atoms with E-state index in [1.807, 2.05) is 6.08 Å². The maximum absolute atomic E-state index is 3.86. The molecule has 0 aromatic rings. The molecule has 0 aliphatic carbocycles. The number of piperazine rings is 1. The van der Waals surface area contributed by atoms with Crippen molar-refractivity contribution in [3.63, 3.8) is 0 Å². The minimum Gasteiger partial charge on any atom is -0.311 e. The first-order valence-corrected chi connectivity index (χ1v) is 6.31. The highest BCUT2D eigenvalue weighted by Gasteiger charge is 2.28. The van der Waals surface area contributed by atoms with Gasteiger partial charge < -0.3 is 5.32 Å². The molecule has 0 radical (unpaired) electrons. The van der Waals surface area contributed by atoms with Gasteiger partial charge in [0.05, 0.1) is 0 Å². The van der Waals surface area contributed by atoms with Gasteiger partial charge in [-0.1, -0.05) is 33.3 Å². The molecule has 0 aromatic carbocycles. The highest BCUT2D eigenvalue weighted by atomic mass is 15.2. The quantitative estimate of drug-likeness (QED) is 0.700. The molecule has 0 aromatic heterocycles. The van der Waals surface area contributed by atoms with Crippen LogP contribution in [0.25, 0.3) is 0 Å². The van der Waals surface area contributed by atoms with Gasteiger partial charge in [0.1, 0.15) is 0 Å². The number of rotatable bonds is 5. The van der Waals surface area contributed by atoms with Crippen LogP contribution < -0.4 is 5.32 Å². The van der Waals surface area contributed by atoms with Gasteiger partial charge in [0.2, 0.25) is 0 Å². The molecule has 88 valence electrons. The van der Waals surface area contributed by atoms with Gasteiger partial charge in [-0.15, -0.1) is 6.58 Å². The topological polar surface area (TPSA) is 15.3 Å². The van der Waals surface area contributed by atoms with E-state index >= 15 is 0 Å². The average molecular weight is 210 g/mol. The zero-order valence-electron chi connectivity index (χ0n) is 10.5. The number of hydrogen-bond donors (Lipinski definition) is 1. The SMILES string of the molecule is C=CCN1CC(CC)NCC1C(C)CC. The molecule has 0 amide bonds. The van der Waals surface area contributed by atoms with Gasteiger partial charge in [-0.3, -0.25) is 4.90 Å². The van der Waals surface area contributed by atoms with Crippen molar-refractivity contribution in [2.24, 2.45) is 5.92 Å². The van der Waals surface area contributed by atoms with Crippen molar-refractivity contribution in [1.82, 2.24) is 10.2 Å². The fourth-order valence-electron chi connectivity index (χ4n) is 2.38. The molecule has 1 aliphatic heterocycles. The van der Waals surface area contributed by atoms with Crippen molar-refractivity contribution >= 4 is 0 Å². The van der Waals surface area contributed by atoms with Gasteiger partial charge in [-0.05, 0) is 12.3 Å². The summed E-state index contributed by atoms with van der Waals surface area (Å²) in [6.45, 7) is 14.1. The highest BCUT2D eigenvalue weighted by molar-refractivity contribution is 4.90. The lowest BCUT2D eigenvalue weighted by Crippen LogP contribution is -2.58. The molecule has 1 aliphatic rings. The molecule has 0 bridgehead atoms. The van der Waals surface area contributed by atoms with Crippen molar-refractivity contribution in [3.05, 3.63) is 12.7 Å². The van der Waals surface area contributed by atoms with E-state index in [0.29, 0.717) is 12.1 Å². The summed E-state index contributed by atoms with van der Waals surface area (Å²) in [5.74, 6) is 0.773. The third-order valence-corrected chi connectivity index (χ3v) is 3.70. The summed E-state index contributed by atoms with van der Waals surface area (Å²) < 4.78 is 0. The highest BCUT2D eigenvalue weighted by Crippen LogP contribution is 2.18. The Bertz CT molecular complexity index is 191. The Morgan fingerprint density at radius 2 is 2.27 bits per heavy atom. The molecule has 15 heavy (non-hydrogen) atoms. The van der Waals surface area contributed by atoms with Crippen LogP contribution in [0.15, 0.2) is 12.7 Å². The second kappa shape index (κ2) is 6.29. The first kappa shape index (κ1) is 12.7. The van der Waals surface area contributed by atoms with E-state index in [1.165, 1.54) is 19.4 Å². The second-order valence-electron chi connectivity index (χ2n) is 4.71. The van der Waals surface area contributed by atoms with E-state index in [2.05, 4.69) is 37.6 Å². The van der Waals surface area contributed by atoms with E-state index < -0.39 is 0 Å². The van der Waals surface area contributed by atoms with E-state index in [1.54, 1.807) is 0 Å². The van der Waals surface area contributed by atoms with Crippen LogP contribution in [0.1, 0.15) is 33.6 Å². The van der Waals surface area contributed by atoms with E-state index in [-0.39, 0.29) is 0 Å². The maximum Gasteiger partial charge on any atom is 0.0250 e. The molecule has 1 saturated heterocycles. The van der Waals surface area contributed by atoms with Crippen LogP contribution in [-0.4, -0.2) is 36.6 Å². The van der Waals surface area contributed by atoms with Crippen LogP contribution >= 0.6 is 0 Å². The molecule has 1 N–H and O–H groups in total. The summed E-state index contributed by atoms with van der Waals surface area (Å²) in [5, 5.41) is 3.65. The Morgan fingerprint density at radius 1 is 1.53 bits per heavy atom. The largest absolute Gasteiger partial charge is 0.311 e. The average Bonchev–Trinajstić information content (AvgIpc) is 2.28. The van der Waals surface area contributed by atoms with Gasteiger partial charge in [0.25, 0.3) is 0 Å². The Hall–Kier alpha value is -0.340. The summed E-state index contributed by atoms with van der Waals surface area (Å²) in [4.78, 5) is 2.59. The van der Waals surface area contributed by atoms with E-state index in [4.69, 9.17) is 0 Å². The number of nitrogens with zero attached hydrogens (tertiary/aromatic N) is 1. The predicted molar refractivity (Wildman–Crippen MR) is 67.1 cm³/mol. The van der Waals surface area contributed by atoms with Gasteiger partial charge in [0, 0.05) is 31.7 Å². The van der Waals surface area contributed by atoms with Crippen LogP contribution in [0.5, 0.6) is 0 Å². The molecule has 1 rings (SSSR count). The Balaban J connectivity index is 2.58. The lowest BCUT2D eigenvalue weighted by atomic mass is 9.94. The summed E-state index contributed by atoms with van der Waals surface area (Å²) >= 11 is 0. The summed E-state index contributed by atoms with van der Waals surface area (Å²) in [5.41, 5.74) is 0. The van der Waals surface area contributed by atoms with Crippen molar-refractivity contribution < 1.29 is 0 Å². The fourth-order valence-corrected chi connectivity index (χ4v) is 2.38. The molecule has 1 heterocycles. The molecule has 1 fully saturated rings. The summed E-state index contributed by atoms with van der Waals surface area (Å²) in [6, 6.07) is 1.36. The van der Waals surface area contributed by atoms with Gasteiger partial charge >= 0.3 is 0 Å². The molecular formula is C13H26N2. The van der Waals surface area contributed by atoms with E-state index in [0.717, 1.165) is 19.0 Å². The van der Waals surface area contributed by atoms with Gasteiger partial charge in [-0.25, -0.2) is 0 Å². The first-order valence-electron chi connectivity index (χ1n) is 6.31. The molecule has 0 spiro atoms. The zero-order chi connectivity index (χ0) is 11.3. The van der Waals surface area contributed by atoms with Crippen molar-refractivity contribution in [3.8, 4) is 0 Å². The standard InChI is InChI=1S/C13H26N2/c1-5-8-15-10-12(7-3)14-9-13(15)11(4)6-2/h5,11-14H,1,6-10H2,2-4H3. The Kier molecular flexibility index (Phi) is 5.34. The van der Waals surface area contributed by atoms with Gasteiger partial charge in [-0.2, -0.15) is 0 Å². The third kappa shape index (κ3) is 3.32. The van der Waals surface area contributed by atoms with Crippen molar-refractivity contribution in [1.29, 1.82) is 0 Å². The van der Waals surface area contributed by atoms with Crippen LogP contribution in [0.2, 0.25) is 0 Å². The van der Waals surface area contributed by atoms with Crippen molar-refractivity contribution in [2.75, 3.05) is 19.6 Å². The second-order valence-corrected chi connectivity index (χ2v) is 4.71. The lowest BCUT2D eigenvalue weighted by molar-refractivity contribution is 0.103. The third-order valence-electron chi connectivity index (χ3n) is 3.70. The summed E-state index contributed by atoms with van der Waals surface area (Å²) in [7, 11) is 0. The molecule has 3 unspecified atom stereocenters. The van der Waals surface area contributed by atoms with Crippen LogP contribution in [-0.2, 0) is 0 Å². The molecule has 2 nitrogen and oxygen atoms in total.